The molecule has 5 rings (SSSR count). The van der Waals surface area contributed by atoms with Gasteiger partial charge in [-0.05, 0) is 76.8 Å². The molecule has 0 aliphatic carbocycles. The number of benzene rings is 2. The third kappa shape index (κ3) is 4.63. The number of halogens is 2. The van der Waals surface area contributed by atoms with Crippen LogP contribution in [0.1, 0.15) is 55.7 Å². The zero-order valence-corrected chi connectivity index (χ0v) is 22.7. The molecule has 1 aliphatic heterocycles. The number of nitrogens with zero attached hydrogens (tertiary/aromatic N) is 3. The summed E-state index contributed by atoms with van der Waals surface area (Å²) >= 11 is 6.26. The first-order chi connectivity index (χ1) is 18.0. The van der Waals surface area contributed by atoms with Crippen LogP contribution in [0.15, 0.2) is 36.5 Å². The van der Waals surface area contributed by atoms with Gasteiger partial charge in [0.2, 0.25) is 0 Å². The second-order valence-electron chi connectivity index (χ2n) is 10.5. The Morgan fingerprint density at radius 3 is 2.68 bits per heavy atom. The van der Waals surface area contributed by atoms with Crippen LogP contribution in [0.25, 0.3) is 28.0 Å². The van der Waals surface area contributed by atoms with Crippen LogP contribution in [0, 0.1) is 19.7 Å². The molecule has 0 spiro atoms. The smallest absolute Gasteiger partial charge is 0.337 e. The minimum atomic E-state index is -1.37. The molecule has 9 heteroatoms. The quantitative estimate of drug-likeness (QED) is 0.303. The van der Waals surface area contributed by atoms with Gasteiger partial charge in [-0.3, -0.25) is 0 Å². The molecule has 0 radical (unpaired) electrons. The second kappa shape index (κ2) is 9.67. The highest BCUT2D eigenvalue weighted by Gasteiger charge is 2.34. The molecule has 0 saturated carbocycles. The maximum absolute atomic E-state index is 15.4. The molecular formula is C29H29ClFN3O4. The van der Waals surface area contributed by atoms with Crippen molar-refractivity contribution in [3.8, 4) is 28.1 Å². The van der Waals surface area contributed by atoms with E-state index in [1.165, 1.54) is 6.07 Å². The summed E-state index contributed by atoms with van der Waals surface area (Å²) in [7, 11) is 0. The molecule has 2 aromatic carbocycles. The second-order valence-corrected chi connectivity index (χ2v) is 10.9. The summed E-state index contributed by atoms with van der Waals surface area (Å²) in [6.45, 7) is 9.45. The minimum Gasteiger partial charge on any atom is -0.490 e. The van der Waals surface area contributed by atoms with Crippen LogP contribution in [0.3, 0.4) is 0 Å². The highest BCUT2D eigenvalue weighted by Crippen LogP contribution is 2.42. The highest BCUT2D eigenvalue weighted by atomic mass is 35.5. The Morgan fingerprint density at radius 2 is 2.00 bits per heavy atom. The fourth-order valence-electron chi connectivity index (χ4n) is 5.04. The topological polar surface area (TPSA) is 86.0 Å². The number of carboxylic acids is 1. The van der Waals surface area contributed by atoms with Crippen molar-refractivity contribution in [3.05, 3.63) is 69.8 Å². The summed E-state index contributed by atoms with van der Waals surface area (Å²) < 4.78 is 28.7. The average Bonchev–Trinajstić information content (AvgIpc) is 3.27. The molecule has 0 amide bonds. The molecule has 38 heavy (non-hydrogen) atoms. The van der Waals surface area contributed by atoms with Gasteiger partial charge in [0.1, 0.15) is 0 Å². The summed E-state index contributed by atoms with van der Waals surface area (Å²) in [5.74, 6) is -1.42. The van der Waals surface area contributed by atoms with Gasteiger partial charge in [-0.25, -0.2) is 18.7 Å². The van der Waals surface area contributed by atoms with Gasteiger partial charge in [-0.15, -0.1) is 0 Å². The van der Waals surface area contributed by atoms with E-state index in [0.717, 1.165) is 23.1 Å². The first kappa shape index (κ1) is 26.1. The Bertz CT molecular complexity index is 1570. The number of carboxylic acid groups (broad SMARTS) is 1. The SMILES string of the molecule is Cc1nc2c(-c3cccc(Cl)c3)cnn2c(-c2cc(F)c3c(c2C)CCCO3)c1C(OC(C)(C)C)C(=O)O. The number of fused-ring (bicyclic) bond motifs is 2. The standard InChI is InChI=1S/C29H29ClFN3O4/c1-15-19-10-7-11-37-25(19)22(31)13-20(15)24-23(26(28(35)36)38-29(3,4)5)16(2)33-27-21(14-32-34(24)27)17-8-6-9-18(30)12-17/h6,8-9,12-14,26H,7,10-11H2,1-5H3,(H,35,36). The summed E-state index contributed by atoms with van der Waals surface area (Å²) in [5, 5.41) is 15.5. The molecule has 2 aromatic heterocycles. The summed E-state index contributed by atoms with van der Waals surface area (Å²) in [6.07, 6.45) is 1.71. The predicted molar refractivity (Wildman–Crippen MR) is 143 cm³/mol. The summed E-state index contributed by atoms with van der Waals surface area (Å²) in [5.41, 5.74) is 4.51. The van der Waals surface area contributed by atoms with E-state index in [1.54, 1.807) is 44.5 Å². The van der Waals surface area contributed by atoms with Crippen LogP contribution >= 0.6 is 11.6 Å². The first-order valence-corrected chi connectivity index (χ1v) is 12.8. The van der Waals surface area contributed by atoms with Crippen molar-refractivity contribution < 1.29 is 23.8 Å². The van der Waals surface area contributed by atoms with Crippen molar-refractivity contribution in [1.82, 2.24) is 14.6 Å². The van der Waals surface area contributed by atoms with Crippen LogP contribution in [-0.4, -0.2) is 37.9 Å². The lowest BCUT2D eigenvalue weighted by Gasteiger charge is -2.28. The predicted octanol–water partition coefficient (Wildman–Crippen LogP) is 6.74. The van der Waals surface area contributed by atoms with E-state index >= 15 is 4.39 Å². The zero-order chi connectivity index (χ0) is 27.4. The van der Waals surface area contributed by atoms with Gasteiger partial charge < -0.3 is 14.6 Å². The molecule has 198 valence electrons. The number of carbonyl (C=O) groups is 1. The lowest BCUT2D eigenvalue weighted by molar-refractivity contribution is -0.160. The van der Waals surface area contributed by atoms with Gasteiger partial charge in [0.15, 0.2) is 23.3 Å². The Kier molecular flexibility index (Phi) is 6.65. The Hall–Kier alpha value is -3.49. The molecule has 3 heterocycles. The molecule has 4 aromatic rings. The Balaban J connectivity index is 1.88. The third-order valence-electron chi connectivity index (χ3n) is 6.66. The zero-order valence-electron chi connectivity index (χ0n) is 21.9. The van der Waals surface area contributed by atoms with Crippen molar-refractivity contribution in [2.75, 3.05) is 6.61 Å². The van der Waals surface area contributed by atoms with Crippen LogP contribution in [0.2, 0.25) is 5.02 Å². The Morgan fingerprint density at radius 1 is 1.24 bits per heavy atom. The average molecular weight is 538 g/mol. The van der Waals surface area contributed by atoms with Gasteiger partial charge in [0.25, 0.3) is 0 Å². The fourth-order valence-corrected chi connectivity index (χ4v) is 5.23. The number of aliphatic carboxylic acids is 1. The number of hydrogen-bond acceptors (Lipinski definition) is 5. The number of rotatable bonds is 5. The summed E-state index contributed by atoms with van der Waals surface area (Å²) in [6, 6.07) is 8.73. The van der Waals surface area contributed by atoms with E-state index < -0.39 is 23.5 Å². The normalized spacial score (nSPS) is 14.3. The fraction of sp³-hybridized carbons (Fsp3) is 0.345. The van der Waals surface area contributed by atoms with Crippen LogP contribution in [0.5, 0.6) is 5.75 Å². The third-order valence-corrected chi connectivity index (χ3v) is 6.89. The molecule has 0 fully saturated rings. The number of aromatic nitrogens is 3. The summed E-state index contributed by atoms with van der Waals surface area (Å²) in [4.78, 5) is 17.4. The van der Waals surface area contributed by atoms with Crippen molar-refractivity contribution in [2.45, 2.75) is 59.2 Å². The van der Waals surface area contributed by atoms with Crippen LogP contribution in [-0.2, 0) is 16.0 Å². The van der Waals surface area contributed by atoms with Crippen molar-refractivity contribution >= 4 is 23.2 Å². The molecule has 1 N–H and O–H groups in total. The molecule has 0 saturated heterocycles. The van der Waals surface area contributed by atoms with E-state index in [0.29, 0.717) is 51.8 Å². The van der Waals surface area contributed by atoms with Crippen LogP contribution < -0.4 is 4.74 Å². The van der Waals surface area contributed by atoms with E-state index in [2.05, 4.69) is 5.10 Å². The highest BCUT2D eigenvalue weighted by molar-refractivity contribution is 6.30. The van der Waals surface area contributed by atoms with Gasteiger partial charge in [-0.2, -0.15) is 5.10 Å². The van der Waals surface area contributed by atoms with Crippen molar-refractivity contribution in [1.29, 1.82) is 0 Å². The van der Waals surface area contributed by atoms with Crippen LogP contribution in [0.4, 0.5) is 4.39 Å². The van der Waals surface area contributed by atoms with Gasteiger partial charge >= 0.3 is 5.97 Å². The maximum Gasteiger partial charge on any atom is 0.337 e. The monoisotopic (exact) mass is 537 g/mol. The van der Waals surface area contributed by atoms with E-state index in [-0.39, 0.29) is 5.75 Å². The van der Waals surface area contributed by atoms with Crippen molar-refractivity contribution in [2.24, 2.45) is 0 Å². The number of hydrogen-bond donors (Lipinski definition) is 1. The van der Waals surface area contributed by atoms with Gasteiger partial charge in [-0.1, -0.05) is 23.7 Å². The van der Waals surface area contributed by atoms with Crippen molar-refractivity contribution in [3.63, 3.8) is 0 Å². The number of aryl methyl sites for hydroxylation is 1. The largest absolute Gasteiger partial charge is 0.490 e. The molecule has 0 bridgehead atoms. The Labute approximate surface area is 225 Å². The first-order valence-electron chi connectivity index (χ1n) is 12.5. The van der Waals surface area contributed by atoms with Gasteiger partial charge in [0, 0.05) is 33.0 Å². The lowest BCUT2D eigenvalue weighted by Crippen LogP contribution is -2.29. The van der Waals surface area contributed by atoms with E-state index in [1.807, 2.05) is 25.1 Å². The minimum absolute atomic E-state index is 0.252. The van der Waals surface area contributed by atoms with E-state index in [9.17, 15) is 9.90 Å². The molecule has 1 atom stereocenters. The molecule has 1 unspecified atom stereocenters. The van der Waals surface area contributed by atoms with E-state index in [4.69, 9.17) is 26.1 Å². The number of ether oxygens (including phenoxy) is 2. The molecule has 1 aliphatic rings. The van der Waals surface area contributed by atoms with Gasteiger partial charge in [0.05, 0.1) is 24.1 Å². The lowest BCUT2D eigenvalue weighted by atomic mass is 9.90. The molecular weight excluding hydrogens is 509 g/mol. The maximum atomic E-state index is 15.4. The molecule has 7 nitrogen and oxygen atoms in total.